The average molecular weight is 385 g/mol. The van der Waals surface area contributed by atoms with Crippen LogP contribution in [0, 0.1) is 0 Å². The quantitative estimate of drug-likeness (QED) is 0.587. The summed E-state index contributed by atoms with van der Waals surface area (Å²) in [7, 11) is -2.74. The molecular formula is C22H28O4Si. The molecule has 0 saturated carbocycles. The van der Waals surface area contributed by atoms with Gasteiger partial charge in [-0.2, -0.15) is 0 Å². The van der Waals surface area contributed by atoms with Crippen LogP contribution in [0.1, 0.15) is 27.7 Å². The van der Waals surface area contributed by atoms with Gasteiger partial charge in [-0.1, -0.05) is 81.4 Å². The monoisotopic (exact) mass is 384 g/mol. The third kappa shape index (κ3) is 3.92. The molecule has 0 aromatic heterocycles. The lowest BCUT2D eigenvalue weighted by Gasteiger charge is -2.47. The molecule has 3 atom stereocenters. The zero-order chi connectivity index (χ0) is 19.5. The van der Waals surface area contributed by atoms with Crippen molar-refractivity contribution >= 4 is 25.0 Å². The summed E-state index contributed by atoms with van der Waals surface area (Å²) in [5.74, 6) is 0. The van der Waals surface area contributed by atoms with E-state index in [4.69, 9.17) is 13.9 Å². The summed E-state index contributed by atoms with van der Waals surface area (Å²) < 4.78 is 18.3. The standard InChI is InChI=1S/C22H28O4Si/c1-17-24-16-21(20(15-23)25-17)26-27(22(2,3)4,18-11-7-5-8-12-18)19-13-9-6-10-14-19/h5-15,17,20-21H,16H2,1-4H3/t17-,20+,21-/m1/s1. The number of benzene rings is 2. The maximum atomic E-state index is 11.7. The van der Waals surface area contributed by atoms with Gasteiger partial charge in [0, 0.05) is 0 Å². The zero-order valence-electron chi connectivity index (χ0n) is 16.4. The first kappa shape index (κ1) is 20.0. The molecule has 1 saturated heterocycles. The molecule has 0 unspecified atom stereocenters. The molecule has 0 radical (unpaired) electrons. The highest BCUT2D eigenvalue weighted by Crippen LogP contribution is 2.38. The van der Waals surface area contributed by atoms with E-state index in [1.807, 2.05) is 36.4 Å². The molecule has 2 aromatic rings. The Morgan fingerprint density at radius 3 is 1.96 bits per heavy atom. The van der Waals surface area contributed by atoms with Crippen LogP contribution in [-0.2, 0) is 18.7 Å². The molecule has 5 heteroatoms. The van der Waals surface area contributed by atoms with Crippen molar-refractivity contribution in [3.05, 3.63) is 60.7 Å². The summed E-state index contributed by atoms with van der Waals surface area (Å²) in [6, 6.07) is 20.7. The lowest BCUT2D eigenvalue weighted by Crippen LogP contribution is -2.69. The second-order valence-electron chi connectivity index (χ2n) is 7.96. The van der Waals surface area contributed by atoms with E-state index in [9.17, 15) is 4.79 Å². The van der Waals surface area contributed by atoms with Crippen LogP contribution < -0.4 is 10.4 Å². The van der Waals surface area contributed by atoms with Gasteiger partial charge in [-0.25, -0.2) is 0 Å². The Balaban J connectivity index is 2.13. The predicted octanol–water partition coefficient (Wildman–Crippen LogP) is 2.89. The molecule has 1 aliphatic heterocycles. The number of carbonyl (C=O) groups excluding carboxylic acids is 1. The molecule has 1 heterocycles. The molecule has 0 bridgehead atoms. The van der Waals surface area contributed by atoms with Crippen LogP contribution >= 0.6 is 0 Å². The van der Waals surface area contributed by atoms with Gasteiger partial charge >= 0.3 is 0 Å². The van der Waals surface area contributed by atoms with Gasteiger partial charge in [-0.3, -0.25) is 0 Å². The number of carbonyl (C=O) groups is 1. The Bertz CT molecular complexity index is 702. The largest absolute Gasteiger partial charge is 0.399 e. The highest BCUT2D eigenvalue weighted by Gasteiger charge is 2.52. The van der Waals surface area contributed by atoms with E-state index in [0.29, 0.717) is 6.61 Å². The van der Waals surface area contributed by atoms with E-state index in [1.54, 1.807) is 6.92 Å². The smallest absolute Gasteiger partial charge is 0.261 e. The SMILES string of the molecule is C[C@@H]1OC[C@@H](O[Si](c2ccccc2)(c2ccccc2)C(C)(C)C)[C@H](C=O)O1. The zero-order valence-corrected chi connectivity index (χ0v) is 17.4. The minimum atomic E-state index is -2.74. The van der Waals surface area contributed by atoms with E-state index in [-0.39, 0.29) is 5.04 Å². The molecule has 0 aliphatic carbocycles. The van der Waals surface area contributed by atoms with Crippen LogP contribution in [0.25, 0.3) is 0 Å². The van der Waals surface area contributed by atoms with E-state index >= 15 is 0 Å². The fourth-order valence-corrected chi connectivity index (χ4v) is 8.48. The molecule has 0 amide bonds. The Labute approximate surface area is 162 Å². The Morgan fingerprint density at radius 2 is 1.52 bits per heavy atom. The number of aldehydes is 1. The fourth-order valence-electron chi connectivity index (χ4n) is 3.81. The van der Waals surface area contributed by atoms with Crippen LogP contribution in [0.2, 0.25) is 5.04 Å². The summed E-state index contributed by atoms with van der Waals surface area (Å²) in [5, 5.41) is 2.19. The average Bonchev–Trinajstić information content (AvgIpc) is 2.67. The molecule has 0 spiro atoms. The van der Waals surface area contributed by atoms with Crippen LogP contribution in [0.5, 0.6) is 0 Å². The Kier molecular flexibility index (Phi) is 5.96. The first-order valence-electron chi connectivity index (χ1n) is 9.39. The molecule has 1 fully saturated rings. The highest BCUT2D eigenvalue weighted by molar-refractivity contribution is 6.99. The third-order valence-electron chi connectivity index (χ3n) is 5.09. The summed E-state index contributed by atoms with van der Waals surface area (Å²) >= 11 is 0. The van der Waals surface area contributed by atoms with E-state index < -0.39 is 26.8 Å². The molecule has 27 heavy (non-hydrogen) atoms. The second-order valence-corrected chi connectivity index (χ2v) is 12.2. The molecule has 4 nitrogen and oxygen atoms in total. The minimum Gasteiger partial charge on any atom is -0.399 e. The van der Waals surface area contributed by atoms with Crippen LogP contribution in [-0.4, -0.2) is 39.7 Å². The van der Waals surface area contributed by atoms with Gasteiger partial charge in [0.15, 0.2) is 12.6 Å². The predicted molar refractivity (Wildman–Crippen MR) is 109 cm³/mol. The lowest BCUT2D eigenvalue weighted by molar-refractivity contribution is -0.231. The molecule has 2 aromatic carbocycles. The Morgan fingerprint density at radius 1 is 1.00 bits per heavy atom. The highest BCUT2D eigenvalue weighted by atomic mass is 28.4. The first-order valence-corrected chi connectivity index (χ1v) is 11.3. The molecule has 1 aliphatic rings. The third-order valence-corrected chi connectivity index (χ3v) is 10.2. The summed E-state index contributed by atoms with van der Waals surface area (Å²) in [6.07, 6.45) is -0.638. The van der Waals surface area contributed by atoms with Gasteiger partial charge in [0.25, 0.3) is 8.32 Å². The number of ether oxygens (including phenoxy) is 2. The minimum absolute atomic E-state index is 0.161. The normalized spacial score (nSPS) is 23.8. The van der Waals surface area contributed by atoms with Crippen molar-refractivity contribution in [1.29, 1.82) is 0 Å². The van der Waals surface area contributed by atoms with Crippen molar-refractivity contribution in [2.24, 2.45) is 0 Å². The maximum absolute atomic E-state index is 11.7. The van der Waals surface area contributed by atoms with Crippen molar-refractivity contribution in [1.82, 2.24) is 0 Å². The summed E-state index contributed by atoms with van der Waals surface area (Å²) in [4.78, 5) is 11.7. The van der Waals surface area contributed by atoms with Crippen molar-refractivity contribution in [2.75, 3.05) is 6.61 Å². The number of rotatable bonds is 5. The van der Waals surface area contributed by atoms with Gasteiger partial charge in [0.1, 0.15) is 12.2 Å². The van der Waals surface area contributed by atoms with E-state index in [1.165, 1.54) is 10.4 Å². The van der Waals surface area contributed by atoms with Crippen LogP contribution in [0.4, 0.5) is 0 Å². The van der Waals surface area contributed by atoms with Crippen LogP contribution in [0.15, 0.2) is 60.7 Å². The van der Waals surface area contributed by atoms with Gasteiger partial charge < -0.3 is 18.7 Å². The number of hydrogen-bond donors (Lipinski definition) is 0. The molecule has 3 rings (SSSR count). The van der Waals surface area contributed by atoms with Gasteiger partial charge in [0.2, 0.25) is 0 Å². The fraction of sp³-hybridized carbons (Fsp3) is 0.409. The lowest BCUT2D eigenvalue weighted by atomic mass is 10.2. The topological polar surface area (TPSA) is 44.8 Å². The number of hydrogen-bond acceptors (Lipinski definition) is 4. The second kappa shape index (κ2) is 8.06. The first-order chi connectivity index (χ1) is 12.9. The van der Waals surface area contributed by atoms with Crippen molar-refractivity contribution < 1.29 is 18.7 Å². The van der Waals surface area contributed by atoms with E-state index in [0.717, 1.165) is 6.29 Å². The van der Waals surface area contributed by atoms with Crippen LogP contribution in [0.3, 0.4) is 0 Å². The molecular weight excluding hydrogens is 356 g/mol. The maximum Gasteiger partial charge on any atom is 0.261 e. The molecule has 144 valence electrons. The van der Waals surface area contributed by atoms with Gasteiger partial charge in [-0.15, -0.1) is 0 Å². The Hall–Kier alpha value is -1.79. The van der Waals surface area contributed by atoms with Crippen molar-refractivity contribution in [2.45, 2.75) is 51.2 Å². The molecule has 0 N–H and O–H groups in total. The van der Waals surface area contributed by atoms with E-state index in [2.05, 4.69) is 45.0 Å². The van der Waals surface area contributed by atoms with Gasteiger partial charge in [0.05, 0.1) is 6.61 Å². The van der Waals surface area contributed by atoms with Crippen molar-refractivity contribution in [3.63, 3.8) is 0 Å². The summed E-state index contributed by atoms with van der Waals surface area (Å²) in [6.45, 7) is 8.78. The van der Waals surface area contributed by atoms with Crippen molar-refractivity contribution in [3.8, 4) is 0 Å². The summed E-state index contributed by atoms with van der Waals surface area (Å²) in [5.41, 5.74) is 0. The van der Waals surface area contributed by atoms with Gasteiger partial charge in [-0.05, 0) is 22.3 Å².